The van der Waals surface area contributed by atoms with Crippen LogP contribution in [0.2, 0.25) is 0 Å². The Balaban J connectivity index is 3.43. The summed E-state index contributed by atoms with van der Waals surface area (Å²) in [5.41, 5.74) is -2.30. The molecule has 4 nitrogen and oxygen atoms in total. The topological polar surface area (TPSA) is 63.0 Å². The fourth-order valence-electron chi connectivity index (χ4n) is 1.01. The van der Waals surface area contributed by atoms with Gasteiger partial charge in [-0.15, -0.1) is 0 Å². The van der Waals surface area contributed by atoms with Crippen LogP contribution in [0.5, 0.6) is 0 Å². The minimum atomic E-state index is -3.05. The van der Waals surface area contributed by atoms with Crippen molar-refractivity contribution >= 4 is 5.97 Å². The molecule has 0 atom stereocenters. The number of carbonyl (C=O) groups excluding carboxylic acids is 1. The van der Waals surface area contributed by atoms with E-state index in [1.807, 2.05) is 0 Å². The molecule has 0 unspecified atom stereocenters. The van der Waals surface area contributed by atoms with Crippen LogP contribution in [0.15, 0.2) is 6.07 Å². The predicted octanol–water partition coefficient (Wildman–Crippen LogP) is 1.82. The average molecular weight is 230 g/mol. The summed E-state index contributed by atoms with van der Waals surface area (Å²) in [7, 11) is 0.954. The Morgan fingerprint density at radius 2 is 2.25 bits per heavy atom. The van der Waals surface area contributed by atoms with E-state index in [9.17, 15) is 18.0 Å². The van der Waals surface area contributed by atoms with Gasteiger partial charge in [-0.05, 0) is 6.07 Å². The highest BCUT2D eigenvalue weighted by atomic mass is 19.3. The van der Waals surface area contributed by atoms with E-state index in [1.54, 1.807) is 0 Å². The number of hydrogen-bond acceptors (Lipinski definition) is 4. The van der Waals surface area contributed by atoms with Gasteiger partial charge >= 0.3 is 5.97 Å². The summed E-state index contributed by atoms with van der Waals surface area (Å²) < 4.78 is 42.2. The zero-order valence-corrected chi connectivity index (χ0v) is 8.00. The van der Waals surface area contributed by atoms with Crippen LogP contribution in [0, 0.1) is 17.3 Å². The fraction of sp³-hybridized carbons (Fsp3) is 0.222. The Hall–Kier alpha value is -2.10. The zero-order valence-electron chi connectivity index (χ0n) is 8.00. The van der Waals surface area contributed by atoms with Crippen LogP contribution >= 0.6 is 0 Å². The Morgan fingerprint density at radius 3 is 2.69 bits per heavy atom. The highest BCUT2D eigenvalue weighted by Gasteiger charge is 2.23. The zero-order chi connectivity index (χ0) is 12.3. The van der Waals surface area contributed by atoms with Crippen LogP contribution in [0.25, 0.3) is 0 Å². The second kappa shape index (κ2) is 4.61. The van der Waals surface area contributed by atoms with Crippen LogP contribution in [0.1, 0.15) is 28.0 Å². The number of carbonyl (C=O) groups is 1. The number of alkyl halides is 2. The van der Waals surface area contributed by atoms with Crippen LogP contribution in [-0.2, 0) is 4.74 Å². The molecule has 1 aromatic heterocycles. The van der Waals surface area contributed by atoms with Crippen molar-refractivity contribution in [1.82, 2.24) is 4.98 Å². The van der Waals surface area contributed by atoms with E-state index in [4.69, 9.17) is 5.26 Å². The van der Waals surface area contributed by atoms with E-state index in [2.05, 4.69) is 9.72 Å². The number of halogens is 3. The van der Waals surface area contributed by atoms with Gasteiger partial charge < -0.3 is 4.74 Å². The van der Waals surface area contributed by atoms with E-state index in [0.29, 0.717) is 6.07 Å². The molecular formula is C9H5F3N2O2. The molecule has 1 heterocycles. The molecule has 7 heteroatoms. The summed E-state index contributed by atoms with van der Waals surface area (Å²) >= 11 is 0. The van der Waals surface area contributed by atoms with Crippen molar-refractivity contribution in [3.8, 4) is 6.07 Å². The molecule has 0 aliphatic heterocycles. The van der Waals surface area contributed by atoms with Crippen LogP contribution < -0.4 is 0 Å². The second-order valence-corrected chi connectivity index (χ2v) is 2.67. The van der Waals surface area contributed by atoms with Crippen LogP contribution in [0.3, 0.4) is 0 Å². The number of ether oxygens (including phenoxy) is 1. The maximum atomic E-state index is 13.0. The van der Waals surface area contributed by atoms with Crippen LogP contribution in [0.4, 0.5) is 13.2 Å². The van der Waals surface area contributed by atoms with Gasteiger partial charge in [-0.1, -0.05) is 0 Å². The molecule has 0 aliphatic carbocycles. The first-order valence-corrected chi connectivity index (χ1v) is 3.98. The maximum absolute atomic E-state index is 13.0. The van der Waals surface area contributed by atoms with E-state index in [-0.39, 0.29) is 0 Å². The third-order valence-corrected chi connectivity index (χ3v) is 1.74. The number of aromatic nitrogens is 1. The molecule has 0 fully saturated rings. The second-order valence-electron chi connectivity index (χ2n) is 2.67. The number of methoxy groups -OCH3 is 1. The molecular weight excluding hydrogens is 225 g/mol. The smallest absolute Gasteiger partial charge is 0.357 e. The molecule has 0 saturated heterocycles. The van der Waals surface area contributed by atoms with Gasteiger partial charge in [0, 0.05) is 0 Å². The summed E-state index contributed by atoms with van der Waals surface area (Å²) in [5, 5.41) is 8.42. The third kappa shape index (κ3) is 2.11. The van der Waals surface area contributed by atoms with Gasteiger partial charge in [0.25, 0.3) is 6.43 Å². The lowest BCUT2D eigenvalue weighted by Gasteiger charge is -2.06. The highest BCUT2D eigenvalue weighted by molar-refractivity contribution is 5.89. The van der Waals surface area contributed by atoms with Crippen molar-refractivity contribution in [3.63, 3.8) is 0 Å². The number of hydrogen-bond donors (Lipinski definition) is 0. The number of nitrogens with zero attached hydrogens (tertiary/aromatic N) is 2. The lowest BCUT2D eigenvalue weighted by Crippen LogP contribution is -2.11. The first kappa shape index (κ1) is 12.0. The van der Waals surface area contributed by atoms with Gasteiger partial charge in [0.2, 0.25) is 5.95 Å². The summed E-state index contributed by atoms with van der Waals surface area (Å²) in [5.74, 6) is -2.47. The average Bonchev–Trinajstić information content (AvgIpc) is 2.27. The maximum Gasteiger partial charge on any atom is 0.357 e. The molecule has 0 N–H and O–H groups in total. The fourth-order valence-corrected chi connectivity index (χ4v) is 1.01. The molecule has 0 bridgehead atoms. The molecule has 16 heavy (non-hydrogen) atoms. The van der Waals surface area contributed by atoms with Crippen LogP contribution in [-0.4, -0.2) is 18.1 Å². The van der Waals surface area contributed by atoms with Gasteiger partial charge in [-0.25, -0.2) is 18.6 Å². The van der Waals surface area contributed by atoms with E-state index >= 15 is 0 Å². The van der Waals surface area contributed by atoms with E-state index < -0.39 is 35.2 Å². The molecule has 0 amide bonds. The molecule has 0 saturated carbocycles. The minimum absolute atomic E-state index is 0.583. The molecule has 0 aliphatic rings. The monoisotopic (exact) mass is 230 g/mol. The van der Waals surface area contributed by atoms with Crippen molar-refractivity contribution in [2.75, 3.05) is 7.11 Å². The van der Waals surface area contributed by atoms with Gasteiger partial charge in [-0.2, -0.15) is 9.65 Å². The van der Waals surface area contributed by atoms with Gasteiger partial charge in [0.15, 0.2) is 5.69 Å². The molecule has 1 rings (SSSR count). The number of pyridine rings is 1. The third-order valence-electron chi connectivity index (χ3n) is 1.74. The van der Waals surface area contributed by atoms with Gasteiger partial charge in [0.1, 0.15) is 11.6 Å². The molecule has 0 aromatic carbocycles. The largest absolute Gasteiger partial charge is 0.464 e. The summed E-state index contributed by atoms with van der Waals surface area (Å²) in [6.45, 7) is 0. The SMILES string of the molecule is COC(=O)c1nc(F)c(C#N)cc1C(F)F. The van der Waals surface area contributed by atoms with Gasteiger partial charge in [-0.3, -0.25) is 0 Å². The molecule has 1 aromatic rings. The lowest BCUT2D eigenvalue weighted by molar-refractivity contribution is 0.0580. The van der Waals surface area contributed by atoms with Crippen molar-refractivity contribution in [2.24, 2.45) is 0 Å². The molecule has 0 spiro atoms. The number of nitriles is 1. The van der Waals surface area contributed by atoms with E-state index in [1.165, 1.54) is 6.07 Å². The Kier molecular flexibility index (Phi) is 3.45. The Morgan fingerprint density at radius 1 is 1.62 bits per heavy atom. The number of rotatable bonds is 2. The Labute approximate surface area is 88.3 Å². The predicted molar refractivity (Wildman–Crippen MR) is 45.2 cm³/mol. The lowest BCUT2D eigenvalue weighted by atomic mass is 10.1. The summed E-state index contributed by atoms with van der Waals surface area (Å²) in [6.07, 6.45) is -3.05. The summed E-state index contributed by atoms with van der Waals surface area (Å²) in [4.78, 5) is 14.0. The quantitative estimate of drug-likeness (QED) is 0.574. The van der Waals surface area contributed by atoms with Gasteiger partial charge in [0.05, 0.1) is 12.7 Å². The van der Waals surface area contributed by atoms with Crippen molar-refractivity contribution in [2.45, 2.75) is 6.43 Å². The highest BCUT2D eigenvalue weighted by Crippen LogP contribution is 2.24. The number of esters is 1. The van der Waals surface area contributed by atoms with Crippen molar-refractivity contribution in [3.05, 3.63) is 28.8 Å². The first-order valence-electron chi connectivity index (χ1n) is 3.98. The molecule has 0 radical (unpaired) electrons. The van der Waals surface area contributed by atoms with Crippen molar-refractivity contribution in [1.29, 1.82) is 5.26 Å². The summed E-state index contributed by atoms with van der Waals surface area (Å²) in [6, 6.07) is 1.93. The Bertz CT molecular complexity index is 469. The standard InChI is InChI=1S/C9H5F3N2O2/c1-16-9(15)6-5(7(10)11)2-4(3-13)8(12)14-6/h2,7H,1H3. The normalized spacial score (nSPS) is 10.0. The van der Waals surface area contributed by atoms with Crippen molar-refractivity contribution < 1.29 is 22.7 Å². The molecule has 84 valence electrons. The first-order chi connectivity index (χ1) is 7.51. The van der Waals surface area contributed by atoms with E-state index in [0.717, 1.165) is 7.11 Å². The minimum Gasteiger partial charge on any atom is -0.464 e.